The van der Waals surface area contributed by atoms with Crippen LogP contribution in [-0.4, -0.2) is 50.1 Å². The monoisotopic (exact) mass is 451 g/mol. The van der Waals surface area contributed by atoms with Crippen LogP contribution < -0.4 is 0 Å². The molecular weight excluding hydrogens is 452 g/mol. The van der Waals surface area contributed by atoms with Gasteiger partial charge in [-0.05, 0) is 0 Å². The summed E-state index contributed by atoms with van der Waals surface area (Å²) in [6, 6.07) is 0. The van der Waals surface area contributed by atoms with Gasteiger partial charge in [-0.15, -0.1) is 0 Å². The summed E-state index contributed by atoms with van der Waals surface area (Å²) in [7, 11) is 0. The molecule has 0 saturated carbocycles. The minimum absolute atomic E-state index is 0. The first-order valence-electron chi connectivity index (χ1n) is 0. The maximum absolute atomic E-state index is 0. The molecule has 0 spiro atoms. The normalized spacial score (nSPS) is 0. The second-order valence-electron chi connectivity index (χ2n) is 0. The summed E-state index contributed by atoms with van der Waals surface area (Å²) in [5.74, 6) is 0. The smallest absolute Gasteiger partial charge is 0 e. The standard InChI is InChI=1S/Bi.Ni.Sn.Zn. The van der Waals surface area contributed by atoms with Crippen LogP contribution in [-0.2, 0) is 36.0 Å². The molecule has 0 aromatic rings. The Morgan fingerprint density at radius 1 is 1.00 bits per heavy atom. The van der Waals surface area contributed by atoms with Gasteiger partial charge in [-0.25, -0.2) is 0 Å². The van der Waals surface area contributed by atoms with Gasteiger partial charge < -0.3 is 0 Å². The molecule has 0 fully saturated rings. The Balaban J connectivity index is 0. The first-order chi connectivity index (χ1) is 0. The van der Waals surface area contributed by atoms with Crippen LogP contribution in [0.1, 0.15) is 0 Å². The van der Waals surface area contributed by atoms with Gasteiger partial charge in [0.1, 0.15) is 0 Å². The molecule has 4 heteroatoms. The molecular formula is BiNiSnZn. The SMILES string of the molecule is [Bi].[Ni].[Sn].[Zn]. The average molecular weight is 452 g/mol. The maximum Gasteiger partial charge on any atom is 0 e. The van der Waals surface area contributed by atoms with Gasteiger partial charge in [0.05, 0.1) is 0 Å². The Bertz CT molecular complexity index is 8.00. The van der Waals surface area contributed by atoms with Crippen LogP contribution in [0.25, 0.3) is 0 Å². The van der Waals surface area contributed by atoms with E-state index in [-0.39, 0.29) is 86.1 Å². The van der Waals surface area contributed by atoms with Gasteiger partial charge in [-0.2, -0.15) is 0 Å². The third-order valence-electron chi connectivity index (χ3n) is 0. The van der Waals surface area contributed by atoms with E-state index < -0.39 is 0 Å². The molecule has 0 amide bonds. The summed E-state index contributed by atoms with van der Waals surface area (Å²) in [6.45, 7) is 0. The van der Waals surface area contributed by atoms with Crippen LogP contribution in [0.5, 0.6) is 0 Å². The second-order valence-corrected chi connectivity index (χ2v) is 0. The third kappa shape index (κ3) is 8.84. The second kappa shape index (κ2) is 17.0. The topological polar surface area (TPSA) is 0 Å². The van der Waals surface area contributed by atoms with E-state index in [1.807, 2.05) is 0 Å². The van der Waals surface area contributed by atoms with Crippen molar-refractivity contribution in [1.29, 1.82) is 0 Å². The van der Waals surface area contributed by atoms with E-state index in [4.69, 9.17) is 0 Å². The minimum atomic E-state index is 0. The van der Waals surface area contributed by atoms with Crippen molar-refractivity contribution in [2.45, 2.75) is 0 Å². The van der Waals surface area contributed by atoms with Crippen LogP contribution >= 0.6 is 0 Å². The molecule has 0 aliphatic heterocycles. The molecule has 21 valence electrons. The number of hydrogen-bond acceptors (Lipinski definition) is 0. The molecule has 7 radical (unpaired) electrons. The molecule has 0 bridgehead atoms. The van der Waals surface area contributed by atoms with Crippen molar-refractivity contribution in [2.75, 3.05) is 0 Å². The van der Waals surface area contributed by atoms with E-state index >= 15 is 0 Å². The molecule has 0 saturated heterocycles. The van der Waals surface area contributed by atoms with E-state index in [0.29, 0.717) is 0 Å². The predicted molar refractivity (Wildman–Crippen MR) is 11.5 cm³/mol. The molecule has 0 nitrogen and oxygen atoms in total. The Kier molecular flexibility index (Phi) is 124. The number of rotatable bonds is 0. The van der Waals surface area contributed by atoms with Crippen LogP contribution in [0, 0.1) is 0 Å². The molecule has 0 atom stereocenters. The fourth-order valence-corrected chi connectivity index (χ4v) is 0. The van der Waals surface area contributed by atoms with Gasteiger partial charge in [0.25, 0.3) is 0 Å². The van der Waals surface area contributed by atoms with Gasteiger partial charge in [0, 0.05) is 86.1 Å². The summed E-state index contributed by atoms with van der Waals surface area (Å²) < 4.78 is 0. The molecule has 0 rings (SSSR count). The average Bonchev–Trinajstić information content (AvgIpc) is 0. The van der Waals surface area contributed by atoms with Crippen molar-refractivity contribution in [1.82, 2.24) is 0 Å². The van der Waals surface area contributed by atoms with Crippen LogP contribution in [0.2, 0.25) is 0 Å². The molecule has 0 aliphatic rings. The van der Waals surface area contributed by atoms with Crippen molar-refractivity contribution < 1.29 is 36.0 Å². The van der Waals surface area contributed by atoms with E-state index in [2.05, 4.69) is 0 Å². The van der Waals surface area contributed by atoms with E-state index in [1.165, 1.54) is 0 Å². The molecule has 0 aliphatic carbocycles. The molecule has 0 heterocycles. The predicted octanol–water partition coefficient (Wildman–Crippen LogP) is -0.767. The summed E-state index contributed by atoms with van der Waals surface area (Å²) in [5.41, 5.74) is 0. The zero-order chi connectivity index (χ0) is 0. The molecule has 0 unspecified atom stereocenters. The summed E-state index contributed by atoms with van der Waals surface area (Å²) >= 11 is 0. The largest absolute Gasteiger partial charge is 0 e. The third-order valence-corrected chi connectivity index (χ3v) is 0. The number of hydrogen-bond donors (Lipinski definition) is 0. The zero-order valence-corrected chi connectivity index (χ0v) is 12.3. The first kappa shape index (κ1) is 29.2. The summed E-state index contributed by atoms with van der Waals surface area (Å²) in [5, 5.41) is 0. The van der Waals surface area contributed by atoms with Crippen LogP contribution in [0.4, 0.5) is 0 Å². The quantitative estimate of drug-likeness (QED) is 0.425. The summed E-state index contributed by atoms with van der Waals surface area (Å²) in [6.07, 6.45) is 0. The Morgan fingerprint density at radius 3 is 1.00 bits per heavy atom. The van der Waals surface area contributed by atoms with E-state index in [0.717, 1.165) is 0 Å². The molecule has 0 aromatic carbocycles. The van der Waals surface area contributed by atoms with Gasteiger partial charge in [-0.1, -0.05) is 0 Å². The van der Waals surface area contributed by atoms with Crippen LogP contribution in [0.15, 0.2) is 0 Å². The van der Waals surface area contributed by atoms with Gasteiger partial charge in [0.2, 0.25) is 0 Å². The minimum Gasteiger partial charge on any atom is 0 e. The molecule has 0 aromatic heterocycles. The van der Waals surface area contributed by atoms with Crippen molar-refractivity contribution >= 4 is 50.1 Å². The fraction of sp³-hybridized carbons (Fsp3) is 0. The van der Waals surface area contributed by atoms with Crippen LogP contribution in [0.3, 0.4) is 0 Å². The fourth-order valence-electron chi connectivity index (χ4n) is 0. The van der Waals surface area contributed by atoms with E-state index in [1.54, 1.807) is 0 Å². The van der Waals surface area contributed by atoms with Crippen molar-refractivity contribution in [2.24, 2.45) is 0 Å². The Hall–Kier alpha value is 2.80. The van der Waals surface area contributed by atoms with Gasteiger partial charge in [-0.3, -0.25) is 0 Å². The van der Waals surface area contributed by atoms with Crippen molar-refractivity contribution in [3.63, 3.8) is 0 Å². The van der Waals surface area contributed by atoms with Gasteiger partial charge >= 0.3 is 0 Å². The van der Waals surface area contributed by atoms with Gasteiger partial charge in [0.15, 0.2) is 0 Å². The molecule has 0 N–H and O–H groups in total. The Morgan fingerprint density at radius 2 is 1.00 bits per heavy atom. The Labute approximate surface area is 84.6 Å². The first-order valence-corrected chi connectivity index (χ1v) is 0. The summed E-state index contributed by atoms with van der Waals surface area (Å²) in [4.78, 5) is 0. The molecule has 4 heavy (non-hydrogen) atoms. The van der Waals surface area contributed by atoms with E-state index in [9.17, 15) is 0 Å². The van der Waals surface area contributed by atoms with Crippen molar-refractivity contribution in [3.8, 4) is 0 Å². The maximum atomic E-state index is 0. The van der Waals surface area contributed by atoms with Crippen molar-refractivity contribution in [3.05, 3.63) is 0 Å². The zero-order valence-electron chi connectivity index (χ0n) is 1.97.